The van der Waals surface area contributed by atoms with Crippen molar-refractivity contribution >= 4 is 15.7 Å². The molecule has 0 saturated heterocycles. The molecule has 3 rings (SSSR count). The lowest BCUT2D eigenvalue weighted by molar-refractivity contribution is 0.392. The monoisotopic (exact) mass is 375 g/mol. The smallest absolute Gasteiger partial charge is 0.244 e. The fraction of sp³-hybridized carbons (Fsp3) is 0.278. The van der Waals surface area contributed by atoms with E-state index >= 15 is 0 Å². The van der Waals surface area contributed by atoms with Crippen LogP contribution in [0.4, 0.5) is 0 Å². The molecule has 0 radical (unpaired) electrons. The van der Waals surface area contributed by atoms with Crippen LogP contribution in [0.25, 0.3) is 5.65 Å². The summed E-state index contributed by atoms with van der Waals surface area (Å²) >= 11 is 0. The lowest BCUT2D eigenvalue weighted by atomic mass is 10.3. The van der Waals surface area contributed by atoms with Gasteiger partial charge < -0.3 is 13.9 Å². The molecule has 1 aromatic carbocycles. The predicted octanol–water partition coefficient (Wildman–Crippen LogP) is 2.18. The third kappa shape index (κ3) is 3.81. The molecular formula is C18H21N3O4S. The van der Waals surface area contributed by atoms with Gasteiger partial charge in [-0.2, -0.15) is 0 Å². The summed E-state index contributed by atoms with van der Waals surface area (Å²) in [7, 11) is -0.819. The zero-order valence-corrected chi connectivity index (χ0v) is 15.7. The summed E-state index contributed by atoms with van der Waals surface area (Å²) < 4.78 is 40.0. The number of imidazole rings is 1. The van der Waals surface area contributed by atoms with Crippen LogP contribution in [-0.4, -0.2) is 38.6 Å². The standard InChI is InChI=1S/C18H21N3O4S/c1-13-4-7-18-20-14(12-21(18)11-13)8-9-19-26(22,23)17-10-15(24-2)5-6-16(17)25-3/h4-7,10-12,19H,8-9H2,1-3H3. The molecule has 0 spiro atoms. The van der Waals surface area contributed by atoms with Crippen molar-refractivity contribution in [2.75, 3.05) is 20.8 Å². The van der Waals surface area contributed by atoms with Crippen LogP contribution in [0.15, 0.2) is 47.6 Å². The average molecular weight is 375 g/mol. The summed E-state index contributed by atoms with van der Waals surface area (Å²) in [6.45, 7) is 2.24. The molecule has 8 heteroatoms. The molecule has 0 atom stereocenters. The number of nitrogens with one attached hydrogen (secondary N) is 1. The second-order valence-electron chi connectivity index (χ2n) is 5.87. The summed E-state index contributed by atoms with van der Waals surface area (Å²) in [6.07, 6.45) is 4.37. The molecule has 2 aromatic heterocycles. The number of rotatable bonds is 7. The highest BCUT2D eigenvalue weighted by Crippen LogP contribution is 2.27. The number of ether oxygens (including phenoxy) is 2. The lowest BCUT2D eigenvalue weighted by Gasteiger charge is -2.11. The quantitative estimate of drug-likeness (QED) is 0.684. The van der Waals surface area contributed by atoms with Crippen molar-refractivity contribution in [3.8, 4) is 11.5 Å². The summed E-state index contributed by atoms with van der Waals surface area (Å²) in [6, 6.07) is 8.58. The first-order valence-electron chi connectivity index (χ1n) is 8.09. The number of nitrogens with zero attached hydrogens (tertiary/aromatic N) is 2. The van der Waals surface area contributed by atoms with E-state index in [4.69, 9.17) is 9.47 Å². The zero-order chi connectivity index (χ0) is 18.7. The van der Waals surface area contributed by atoms with Crippen LogP contribution in [0.3, 0.4) is 0 Å². The summed E-state index contributed by atoms with van der Waals surface area (Å²) in [5.41, 5.74) is 2.78. The summed E-state index contributed by atoms with van der Waals surface area (Å²) in [5, 5.41) is 0. The Balaban J connectivity index is 1.73. The van der Waals surface area contributed by atoms with Crippen LogP contribution < -0.4 is 14.2 Å². The van der Waals surface area contributed by atoms with Gasteiger partial charge in [-0.25, -0.2) is 18.1 Å². The maximum Gasteiger partial charge on any atom is 0.244 e. The Morgan fingerprint density at radius 3 is 2.65 bits per heavy atom. The first kappa shape index (κ1) is 18.2. The number of benzene rings is 1. The van der Waals surface area contributed by atoms with E-state index < -0.39 is 10.0 Å². The molecule has 26 heavy (non-hydrogen) atoms. The number of fused-ring (bicyclic) bond motifs is 1. The highest BCUT2D eigenvalue weighted by molar-refractivity contribution is 7.89. The van der Waals surface area contributed by atoms with Gasteiger partial charge in [-0.3, -0.25) is 0 Å². The van der Waals surface area contributed by atoms with E-state index in [-0.39, 0.29) is 17.2 Å². The molecule has 0 bridgehead atoms. The Hall–Kier alpha value is -2.58. The molecule has 7 nitrogen and oxygen atoms in total. The number of methoxy groups -OCH3 is 2. The molecule has 0 fully saturated rings. The van der Waals surface area contributed by atoms with Gasteiger partial charge in [0.15, 0.2) is 0 Å². The number of aryl methyl sites for hydroxylation is 1. The maximum atomic E-state index is 12.6. The van der Waals surface area contributed by atoms with Crippen LogP contribution in [0.5, 0.6) is 11.5 Å². The molecule has 3 aromatic rings. The van der Waals surface area contributed by atoms with Crippen LogP contribution in [0.1, 0.15) is 11.3 Å². The Morgan fingerprint density at radius 2 is 1.92 bits per heavy atom. The summed E-state index contributed by atoms with van der Waals surface area (Å²) in [4.78, 5) is 4.54. The number of hydrogen-bond acceptors (Lipinski definition) is 5. The lowest BCUT2D eigenvalue weighted by Crippen LogP contribution is -2.26. The molecule has 0 amide bonds. The highest BCUT2D eigenvalue weighted by atomic mass is 32.2. The van der Waals surface area contributed by atoms with Gasteiger partial charge in [-0.15, -0.1) is 0 Å². The molecule has 0 unspecified atom stereocenters. The van der Waals surface area contributed by atoms with Crippen molar-refractivity contribution in [3.05, 3.63) is 54.0 Å². The fourth-order valence-electron chi connectivity index (χ4n) is 2.66. The number of sulfonamides is 1. The van der Waals surface area contributed by atoms with Gasteiger partial charge >= 0.3 is 0 Å². The van der Waals surface area contributed by atoms with E-state index in [0.29, 0.717) is 12.2 Å². The SMILES string of the molecule is COc1ccc(OC)c(S(=O)(=O)NCCc2cn3cc(C)ccc3n2)c1. The van der Waals surface area contributed by atoms with E-state index in [1.54, 1.807) is 12.1 Å². The van der Waals surface area contributed by atoms with Crippen LogP contribution >= 0.6 is 0 Å². The van der Waals surface area contributed by atoms with E-state index in [1.807, 2.05) is 35.9 Å². The Kier molecular flexibility index (Phi) is 5.15. The zero-order valence-electron chi connectivity index (χ0n) is 14.9. The van der Waals surface area contributed by atoms with Crippen LogP contribution in [0.2, 0.25) is 0 Å². The van der Waals surface area contributed by atoms with Gasteiger partial charge in [0.1, 0.15) is 22.0 Å². The first-order chi connectivity index (χ1) is 12.4. The molecule has 0 saturated carbocycles. The second-order valence-corrected chi connectivity index (χ2v) is 7.60. The van der Waals surface area contributed by atoms with Gasteiger partial charge in [0.2, 0.25) is 10.0 Å². The van der Waals surface area contributed by atoms with E-state index in [9.17, 15) is 8.42 Å². The predicted molar refractivity (Wildman–Crippen MR) is 98.4 cm³/mol. The van der Waals surface area contributed by atoms with Crippen molar-refractivity contribution in [2.45, 2.75) is 18.2 Å². The molecule has 138 valence electrons. The van der Waals surface area contributed by atoms with Gasteiger partial charge in [-0.05, 0) is 30.7 Å². The maximum absolute atomic E-state index is 12.6. The Bertz CT molecular complexity index is 1030. The topological polar surface area (TPSA) is 81.9 Å². The molecule has 1 N–H and O–H groups in total. The van der Waals surface area contributed by atoms with Crippen molar-refractivity contribution in [1.82, 2.24) is 14.1 Å². The third-order valence-electron chi connectivity index (χ3n) is 3.98. The van der Waals surface area contributed by atoms with Gasteiger partial charge in [0.25, 0.3) is 0 Å². The van der Waals surface area contributed by atoms with Gasteiger partial charge in [0, 0.05) is 31.4 Å². The van der Waals surface area contributed by atoms with Crippen molar-refractivity contribution < 1.29 is 17.9 Å². The first-order valence-corrected chi connectivity index (χ1v) is 9.57. The van der Waals surface area contributed by atoms with E-state index in [2.05, 4.69) is 9.71 Å². The minimum absolute atomic E-state index is 0.0463. The van der Waals surface area contributed by atoms with Crippen molar-refractivity contribution in [1.29, 1.82) is 0 Å². The number of pyridine rings is 1. The van der Waals surface area contributed by atoms with Gasteiger partial charge in [-0.1, -0.05) is 6.07 Å². The van der Waals surface area contributed by atoms with Crippen LogP contribution in [-0.2, 0) is 16.4 Å². The normalized spacial score (nSPS) is 11.7. The van der Waals surface area contributed by atoms with Crippen molar-refractivity contribution in [3.63, 3.8) is 0 Å². The van der Waals surface area contributed by atoms with Crippen molar-refractivity contribution in [2.24, 2.45) is 0 Å². The average Bonchev–Trinajstić information content (AvgIpc) is 3.02. The summed E-state index contributed by atoms with van der Waals surface area (Å²) in [5.74, 6) is 0.711. The minimum Gasteiger partial charge on any atom is -0.497 e. The van der Waals surface area contributed by atoms with Gasteiger partial charge in [0.05, 0.1) is 19.9 Å². The minimum atomic E-state index is -3.73. The van der Waals surface area contributed by atoms with E-state index in [0.717, 1.165) is 16.9 Å². The largest absolute Gasteiger partial charge is 0.497 e. The van der Waals surface area contributed by atoms with E-state index in [1.165, 1.54) is 20.3 Å². The third-order valence-corrected chi connectivity index (χ3v) is 5.46. The number of aromatic nitrogens is 2. The van der Waals surface area contributed by atoms with Crippen LogP contribution in [0, 0.1) is 6.92 Å². The molecule has 2 heterocycles. The molecule has 0 aliphatic carbocycles. The highest BCUT2D eigenvalue weighted by Gasteiger charge is 2.20. The number of hydrogen-bond donors (Lipinski definition) is 1. The Morgan fingerprint density at radius 1 is 1.12 bits per heavy atom. The molecule has 0 aliphatic rings. The molecule has 0 aliphatic heterocycles. The second kappa shape index (κ2) is 7.35. The fourth-order valence-corrected chi connectivity index (χ4v) is 3.88. The Labute approximate surface area is 152 Å². The molecular weight excluding hydrogens is 354 g/mol.